The largest absolute Gasteiger partial charge is 0.482 e. The first-order chi connectivity index (χ1) is 14.8. The van der Waals surface area contributed by atoms with Gasteiger partial charge in [0.2, 0.25) is 0 Å². The molecule has 0 aromatic heterocycles. The van der Waals surface area contributed by atoms with Crippen molar-refractivity contribution < 1.29 is 24.2 Å². The SMILES string of the molecule is CC(C)(CCc1ccccc1)OC(=O)NC1CCCc2ccc(OCC(=O)O)cc2C1. The molecule has 0 saturated heterocycles. The second-order valence-corrected chi connectivity index (χ2v) is 8.69. The molecule has 0 saturated carbocycles. The molecule has 166 valence electrons. The number of hydrogen-bond acceptors (Lipinski definition) is 4. The van der Waals surface area contributed by atoms with Crippen LogP contribution in [-0.2, 0) is 28.8 Å². The van der Waals surface area contributed by atoms with Gasteiger partial charge in [-0.1, -0.05) is 36.4 Å². The van der Waals surface area contributed by atoms with E-state index in [9.17, 15) is 9.59 Å². The molecule has 1 amide bonds. The van der Waals surface area contributed by atoms with Gasteiger partial charge in [-0.15, -0.1) is 0 Å². The molecule has 6 heteroatoms. The summed E-state index contributed by atoms with van der Waals surface area (Å²) in [6.45, 7) is 3.50. The van der Waals surface area contributed by atoms with Crippen LogP contribution in [0.1, 0.15) is 49.8 Å². The van der Waals surface area contributed by atoms with Gasteiger partial charge in [0.25, 0.3) is 0 Å². The average Bonchev–Trinajstić information content (AvgIpc) is 2.92. The minimum Gasteiger partial charge on any atom is -0.482 e. The highest BCUT2D eigenvalue weighted by atomic mass is 16.6. The molecule has 2 N–H and O–H groups in total. The lowest BCUT2D eigenvalue weighted by Gasteiger charge is -2.27. The molecular formula is C25H31NO5. The molecule has 0 radical (unpaired) electrons. The Kier molecular flexibility index (Phi) is 7.55. The molecule has 1 atom stereocenters. The van der Waals surface area contributed by atoms with Crippen LogP contribution < -0.4 is 10.1 Å². The minimum absolute atomic E-state index is 0.0339. The number of fused-ring (bicyclic) bond motifs is 1. The molecule has 0 spiro atoms. The summed E-state index contributed by atoms with van der Waals surface area (Å²) in [5.74, 6) is -0.474. The molecular weight excluding hydrogens is 394 g/mol. The van der Waals surface area contributed by atoms with Crippen molar-refractivity contribution in [3.63, 3.8) is 0 Å². The number of nitrogens with one attached hydrogen (secondary N) is 1. The van der Waals surface area contributed by atoms with E-state index in [1.807, 2.05) is 44.2 Å². The van der Waals surface area contributed by atoms with Crippen LogP contribution in [0.3, 0.4) is 0 Å². The smallest absolute Gasteiger partial charge is 0.407 e. The molecule has 1 aliphatic carbocycles. The van der Waals surface area contributed by atoms with Crippen molar-refractivity contribution in [2.24, 2.45) is 0 Å². The van der Waals surface area contributed by atoms with Crippen LogP contribution in [0.25, 0.3) is 0 Å². The Balaban J connectivity index is 1.55. The van der Waals surface area contributed by atoms with Crippen molar-refractivity contribution in [1.82, 2.24) is 5.32 Å². The summed E-state index contributed by atoms with van der Waals surface area (Å²) >= 11 is 0. The number of carboxylic acid groups (broad SMARTS) is 1. The second kappa shape index (κ2) is 10.3. The van der Waals surface area contributed by atoms with Gasteiger partial charge in [0.1, 0.15) is 11.4 Å². The maximum Gasteiger partial charge on any atom is 0.407 e. The maximum atomic E-state index is 12.6. The fraction of sp³-hybridized carbons (Fsp3) is 0.440. The number of ether oxygens (including phenoxy) is 2. The number of benzene rings is 2. The standard InChI is InChI=1S/C25H31NO5/c1-25(2,14-13-18-7-4-3-5-8-18)31-24(29)26-21-10-6-9-19-11-12-22(16-20(19)15-21)30-17-23(27)28/h3-5,7-8,11-12,16,21H,6,9-10,13-15,17H2,1-2H3,(H,26,29)(H,27,28). The zero-order chi connectivity index (χ0) is 22.3. The fourth-order valence-corrected chi connectivity index (χ4v) is 3.89. The summed E-state index contributed by atoms with van der Waals surface area (Å²) in [6, 6.07) is 15.8. The van der Waals surface area contributed by atoms with E-state index >= 15 is 0 Å². The summed E-state index contributed by atoms with van der Waals surface area (Å²) in [7, 11) is 0. The molecule has 1 unspecified atom stereocenters. The molecule has 0 bridgehead atoms. The van der Waals surface area contributed by atoms with E-state index in [0.717, 1.165) is 37.7 Å². The van der Waals surface area contributed by atoms with Crippen LogP contribution in [0.4, 0.5) is 4.79 Å². The number of alkyl carbamates (subject to hydrolysis) is 1. The number of carbonyl (C=O) groups is 2. The van der Waals surface area contributed by atoms with E-state index in [-0.39, 0.29) is 12.6 Å². The van der Waals surface area contributed by atoms with E-state index in [0.29, 0.717) is 12.2 Å². The predicted molar refractivity (Wildman–Crippen MR) is 118 cm³/mol. The minimum atomic E-state index is -1.01. The summed E-state index contributed by atoms with van der Waals surface area (Å²) in [5.41, 5.74) is 2.94. The van der Waals surface area contributed by atoms with Gasteiger partial charge in [0, 0.05) is 6.04 Å². The molecule has 0 fully saturated rings. The molecule has 6 nitrogen and oxygen atoms in total. The Bertz CT molecular complexity index is 894. The highest BCUT2D eigenvalue weighted by Crippen LogP contribution is 2.26. The van der Waals surface area contributed by atoms with Gasteiger partial charge in [-0.2, -0.15) is 0 Å². The first-order valence-electron chi connectivity index (χ1n) is 10.8. The molecule has 2 aromatic carbocycles. The van der Waals surface area contributed by atoms with Gasteiger partial charge >= 0.3 is 12.1 Å². The number of rotatable bonds is 8. The van der Waals surface area contributed by atoms with Crippen molar-refractivity contribution in [3.8, 4) is 5.75 Å². The number of amides is 1. The third kappa shape index (κ3) is 7.31. The van der Waals surface area contributed by atoms with E-state index < -0.39 is 17.7 Å². The lowest BCUT2D eigenvalue weighted by molar-refractivity contribution is -0.139. The quantitative estimate of drug-likeness (QED) is 0.607. The molecule has 2 aromatic rings. The molecule has 31 heavy (non-hydrogen) atoms. The summed E-state index contributed by atoms with van der Waals surface area (Å²) < 4.78 is 11.0. The topological polar surface area (TPSA) is 84.9 Å². The van der Waals surface area contributed by atoms with Crippen LogP contribution in [0.5, 0.6) is 5.75 Å². The highest BCUT2D eigenvalue weighted by Gasteiger charge is 2.25. The lowest BCUT2D eigenvalue weighted by atomic mass is 9.98. The lowest BCUT2D eigenvalue weighted by Crippen LogP contribution is -2.41. The zero-order valence-corrected chi connectivity index (χ0v) is 18.2. The van der Waals surface area contributed by atoms with Crippen molar-refractivity contribution in [2.75, 3.05) is 6.61 Å². The maximum absolute atomic E-state index is 12.6. The Morgan fingerprint density at radius 3 is 2.65 bits per heavy atom. The van der Waals surface area contributed by atoms with E-state index in [4.69, 9.17) is 14.6 Å². The van der Waals surface area contributed by atoms with Crippen LogP contribution in [0.15, 0.2) is 48.5 Å². The third-order valence-electron chi connectivity index (χ3n) is 5.55. The number of aryl methyl sites for hydroxylation is 2. The monoisotopic (exact) mass is 425 g/mol. The Labute approximate surface area is 183 Å². The van der Waals surface area contributed by atoms with Crippen molar-refractivity contribution in [2.45, 2.75) is 64.0 Å². The summed E-state index contributed by atoms with van der Waals surface area (Å²) in [4.78, 5) is 23.3. The van der Waals surface area contributed by atoms with Gasteiger partial charge in [0.05, 0.1) is 0 Å². The first kappa shape index (κ1) is 22.7. The molecule has 0 heterocycles. The number of hydrogen-bond donors (Lipinski definition) is 2. The number of aliphatic carboxylic acids is 1. The Morgan fingerprint density at radius 1 is 1.13 bits per heavy atom. The van der Waals surface area contributed by atoms with Crippen molar-refractivity contribution in [1.29, 1.82) is 0 Å². The number of carboxylic acids is 1. The van der Waals surface area contributed by atoms with Crippen LogP contribution in [-0.4, -0.2) is 35.4 Å². The third-order valence-corrected chi connectivity index (χ3v) is 5.55. The van der Waals surface area contributed by atoms with Gasteiger partial charge in [-0.3, -0.25) is 0 Å². The van der Waals surface area contributed by atoms with Gasteiger partial charge in [-0.25, -0.2) is 9.59 Å². The van der Waals surface area contributed by atoms with Crippen molar-refractivity contribution >= 4 is 12.1 Å². The molecule has 3 rings (SSSR count). The Hall–Kier alpha value is -3.02. The van der Waals surface area contributed by atoms with E-state index in [1.54, 1.807) is 6.07 Å². The summed E-state index contributed by atoms with van der Waals surface area (Å²) in [6.07, 6.45) is 4.59. The average molecular weight is 426 g/mol. The van der Waals surface area contributed by atoms with Crippen molar-refractivity contribution in [3.05, 3.63) is 65.2 Å². The van der Waals surface area contributed by atoms with Crippen LogP contribution >= 0.6 is 0 Å². The molecule has 1 aliphatic rings. The zero-order valence-electron chi connectivity index (χ0n) is 18.2. The highest BCUT2D eigenvalue weighted by molar-refractivity contribution is 5.69. The second-order valence-electron chi connectivity index (χ2n) is 8.69. The fourth-order valence-electron chi connectivity index (χ4n) is 3.89. The number of carbonyl (C=O) groups excluding carboxylic acids is 1. The molecule has 0 aliphatic heterocycles. The van der Waals surface area contributed by atoms with E-state index in [1.165, 1.54) is 11.1 Å². The first-order valence-corrected chi connectivity index (χ1v) is 10.8. The van der Waals surface area contributed by atoms with Gasteiger partial charge < -0.3 is 19.9 Å². The van der Waals surface area contributed by atoms with Gasteiger partial charge in [0.15, 0.2) is 6.61 Å². The summed E-state index contributed by atoms with van der Waals surface area (Å²) in [5, 5.41) is 11.8. The van der Waals surface area contributed by atoms with Gasteiger partial charge in [-0.05, 0) is 81.2 Å². The normalized spacial score (nSPS) is 16.0. The Morgan fingerprint density at radius 2 is 1.90 bits per heavy atom. The van der Waals surface area contributed by atoms with Crippen LogP contribution in [0, 0.1) is 0 Å². The van der Waals surface area contributed by atoms with Crippen LogP contribution in [0.2, 0.25) is 0 Å². The predicted octanol–water partition coefficient (Wildman–Crippen LogP) is 4.54. The van der Waals surface area contributed by atoms with E-state index in [2.05, 4.69) is 17.4 Å².